The van der Waals surface area contributed by atoms with Crippen molar-refractivity contribution >= 4 is 32.6 Å². The van der Waals surface area contributed by atoms with Crippen LogP contribution >= 0.6 is 11.3 Å². The number of benzene rings is 2. The molecule has 1 heterocycles. The average molecular weight is 413 g/mol. The van der Waals surface area contributed by atoms with Crippen LogP contribution in [-0.4, -0.2) is 24.1 Å². The summed E-state index contributed by atoms with van der Waals surface area (Å²) in [7, 11) is 0. The van der Waals surface area contributed by atoms with Gasteiger partial charge in [0.25, 0.3) is 5.91 Å². The highest BCUT2D eigenvalue weighted by Crippen LogP contribution is 2.32. The number of carbonyl (C=O) groups excluding carboxylic acids is 1. The fourth-order valence-corrected chi connectivity index (χ4v) is 3.83. The van der Waals surface area contributed by atoms with E-state index in [0.29, 0.717) is 11.7 Å². The van der Waals surface area contributed by atoms with Gasteiger partial charge in [0.1, 0.15) is 11.5 Å². The summed E-state index contributed by atoms with van der Waals surface area (Å²) in [6, 6.07) is 11.8. The molecule has 0 fully saturated rings. The Balaban J connectivity index is 1.65. The minimum Gasteiger partial charge on any atom is -0.494 e. The lowest BCUT2D eigenvalue weighted by Gasteiger charge is -2.23. The minimum absolute atomic E-state index is 0.0626. The van der Waals surface area contributed by atoms with E-state index < -0.39 is 0 Å². The van der Waals surface area contributed by atoms with E-state index >= 15 is 0 Å². The fourth-order valence-electron chi connectivity index (χ4n) is 2.92. The van der Waals surface area contributed by atoms with Crippen molar-refractivity contribution in [3.63, 3.8) is 0 Å². The van der Waals surface area contributed by atoms with Gasteiger partial charge >= 0.3 is 0 Å². The van der Waals surface area contributed by atoms with Gasteiger partial charge in [-0.15, -0.1) is 0 Å². The number of nitrogens with one attached hydrogen (secondary N) is 1. The van der Waals surface area contributed by atoms with Crippen LogP contribution in [-0.2, 0) is 10.2 Å². The summed E-state index contributed by atoms with van der Waals surface area (Å²) >= 11 is 1.43. The number of hydrogen-bond acceptors (Lipinski definition) is 5. The number of fused-ring (bicyclic) bond motifs is 1. The first-order valence-electron chi connectivity index (χ1n) is 9.83. The van der Waals surface area contributed by atoms with Gasteiger partial charge in [-0.1, -0.05) is 56.7 Å². The Morgan fingerprint density at radius 3 is 2.66 bits per heavy atom. The molecule has 3 aromatic rings. The third-order valence-corrected chi connectivity index (χ3v) is 5.31. The van der Waals surface area contributed by atoms with Crippen molar-refractivity contribution in [3.05, 3.63) is 47.5 Å². The summed E-state index contributed by atoms with van der Waals surface area (Å²) in [4.78, 5) is 16.9. The summed E-state index contributed by atoms with van der Waals surface area (Å²) in [6.07, 6.45) is 0.958. The Morgan fingerprint density at radius 2 is 1.93 bits per heavy atom. The lowest BCUT2D eigenvalue weighted by Crippen LogP contribution is -2.22. The maximum Gasteiger partial charge on any atom is 0.264 e. The molecule has 1 amide bonds. The molecule has 0 saturated heterocycles. The minimum atomic E-state index is -0.230. The molecule has 3 rings (SSSR count). The van der Waals surface area contributed by atoms with Gasteiger partial charge < -0.3 is 9.47 Å². The van der Waals surface area contributed by atoms with Gasteiger partial charge in [-0.3, -0.25) is 10.1 Å². The molecule has 1 N–H and O–H groups in total. The molecule has 0 saturated carbocycles. The first kappa shape index (κ1) is 21.1. The van der Waals surface area contributed by atoms with E-state index in [2.05, 4.69) is 51.0 Å². The smallest absolute Gasteiger partial charge is 0.264 e. The summed E-state index contributed by atoms with van der Waals surface area (Å²) in [5.41, 5.74) is 3.03. The highest BCUT2D eigenvalue weighted by atomic mass is 32.1. The van der Waals surface area contributed by atoms with Crippen LogP contribution in [0.2, 0.25) is 0 Å². The SMILES string of the molecule is CCCOc1ccc2nc(NC(=O)COc3ccc(C)cc3C(C)(C)C)sc2c1. The van der Waals surface area contributed by atoms with E-state index in [1.807, 2.05) is 30.3 Å². The maximum absolute atomic E-state index is 12.4. The number of rotatable bonds is 7. The third-order valence-electron chi connectivity index (χ3n) is 4.38. The molecule has 0 aliphatic carbocycles. The van der Waals surface area contributed by atoms with Gasteiger partial charge in [0.05, 0.1) is 16.8 Å². The number of hydrogen-bond donors (Lipinski definition) is 1. The van der Waals surface area contributed by atoms with Gasteiger partial charge in [0.15, 0.2) is 11.7 Å². The summed E-state index contributed by atoms with van der Waals surface area (Å²) in [5.74, 6) is 1.32. The molecule has 5 nitrogen and oxygen atoms in total. The molecule has 0 aliphatic rings. The van der Waals surface area contributed by atoms with Crippen LogP contribution in [0.15, 0.2) is 36.4 Å². The van der Waals surface area contributed by atoms with Crippen LogP contribution < -0.4 is 14.8 Å². The van der Waals surface area contributed by atoms with E-state index in [-0.39, 0.29) is 17.9 Å². The van der Waals surface area contributed by atoms with Gasteiger partial charge in [-0.2, -0.15) is 0 Å². The molecule has 0 radical (unpaired) electrons. The van der Waals surface area contributed by atoms with Crippen molar-refractivity contribution in [1.29, 1.82) is 0 Å². The van der Waals surface area contributed by atoms with Crippen LogP contribution in [0.25, 0.3) is 10.2 Å². The number of amides is 1. The number of nitrogens with zero attached hydrogens (tertiary/aromatic N) is 1. The zero-order valence-corrected chi connectivity index (χ0v) is 18.5. The predicted octanol–water partition coefficient (Wildman–Crippen LogP) is 5.71. The first-order valence-corrected chi connectivity index (χ1v) is 10.6. The Kier molecular flexibility index (Phi) is 6.42. The highest BCUT2D eigenvalue weighted by Gasteiger charge is 2.20. The molecule has 154 valence electrons. The fraction of sp³-hybridized carbons (Fsp3) is 0.391. The van der Waals surface area contributed by atoms with Crippen LogP contribution in [0, 0.1) is 6.92 Å². The predicted molar refractivity (Wildman–Crippen MR) is 119 cm³/mol. The summed E-state index contributed by atoms with van der Waals surface area (Å²) in [6.45, 7) is 11.1. The van der Waals surface area contributed by atoms with E-state index in [1.54, 1.807) is 0 Å². The second-order valence-electron chi connectivity index (χ2n) is 8.08. The highest BCUT2D eigenvalue weighted by molar-refractivity contribution is 7.22. The Hall–Kier alpha value is -2.60. The maximum atomic E-state index is 12.4. The average Bonchev–Trinajstić information content (AvgIpc) is 3.05. The van der Waals surface area contributed by atoms with Crippen molar-refractivity contribution in [2.75, 3.05) is 18.5 Å². The van der Waals surface area contributed by atoms with Gasteiger partial charge in [0.2, 0.25) is 0 Å². The lowest BCUT2D eigenvalue weighted by atomic mass is 9.85. The van der Waals surface area contributed by atoms with E-state index in [4.69, 9.17) is 9.47 Å². The van der Waals surface area contributed by atoms with Gasteiger partial charge in [-0.25, -0.2) is 4.98 Å². The van der Waals surface area contributed by atoms with Crippen LogP contribution in [0.1, 0.15) is 45.2 Å². The zero-order valence-electron chi connectivity index (χ0n) is 17.7. The topological polar surface area (TPSA) is 60.5 Å². The van der Waals surface area contributed by atoms with Crippen molar-refractivity contribution in [1.82, 2.24) is 4.98 Å². The van der Waals surface area contributed by atoms with E-state index in [0.717, 1.165) is 33.7 Å². The zero-order chi connectivity index (χ0) is 21.0. The molecule has 0 unspecified atom stereocenters. The molecule has 2 aromatic carbocycles. The number of carbonyl (C=O) groups is 1. The molecule has 0 atom stereocenters. The largest absolute Gasteiger partial charge is 0.494 e. The molecule has 29 heavy (non-hydrogen) atoms. The van der Waals surface area contributed by atoms with Crippen LogP contribution in [0.3, 0.4) is 0 Å². The van der Waals surface area contributed by atoms with E-state index in [9.17, 15) is 4.79 Å². The Bertz CT molecular complexity index is 1010. The Morgan fingerprint density at radius 1 is 1.14 bits per heavy atom. The first-order chi connectivity index (χ1) is 13.8. The Labute approximate surface area is 176 Å². The molecular weight excluding hydrogens is 384 g/mol. The second kappa shape index (κ2) is 8.82. The monoisotopic (exact) mass is 412 g/mol. The number of thiazole rings is 1. The third kappa shape index (κ3) is 5.48. The molecule has 1 aromatic heterocycles. The van der Waals surface area contributed by atoms with Crippen LogP contribution in [0.4, 0.5) is 5.13 Å². The number of anilines is 1. The number of aromatic nitrogens is 1. The van der Waals surface area contributed by atoms with Crippen molar-refractivity contribution in [2.45, 2.75) is 46.5 Å². The molecular formula is C23H28N2O3S. The standard InChI is InChI=1S/C23H28N2O3S/c1-6-11-27-16-8-9-18-20(13-16)29-22(24-18)25-21(26)14-28-19-10-7-15(2)12-17(19)23(3,4)5/h7-10,12-13H,6,11,14H2,1-5H3,(H,24,25,26). The molecule has 0 aliphatic heterocycles. The normalized spacial score (nSPS) is 11.5. The molecule has 6 heteroatoms. The van der Waals surface area contributed by atoms with Crippen LogP contribution in [0.5, 0.6) is 11.5 Å². The molecule has 0 spiro atoms. The molecule has 0 bridgehead atoms. The number of aryl methyl sites for hydroxylation is 1. The van der Waals surface area contributed by atoms with Crippen molar-refractivity contribution < 1.29 is 14.3 Å². The quantitative estimate of drug-likeness (QED) is 0.540. The van der Waals surface area contributed by atoms with Gasteiger partial charge in [-0.05, 0) is 48.6 Å². The van der Waals surface area contributed by atoms with Crippen molar-refractivity contribution in [2.24, 2.45) is 0 Å². The second-order valence-corrected chi connectivity index (χ2v) is 9.11. The van der Waals surface area contributed by atoms with Crippen molar-refractivity contribution in [3.8, 4) is 11.5 Å². The lowest BCUT2D eigenvalue weighted by molar-refractivity contribution is -0.118. The summed E-state index contributed by atoms with van der Waals surface area (Å²) in [5, 5.41) is 3.39. The van der Waals surface area contributed by atoms with Gasteiger partial charge in [0, 0.05) is 0 Å². The summed E-state index contributed by atoms with van der Waals surface area (Å²) < 4.78 is 12.5. The number of ether oxygens (including phenoxy) is 2. The van der Waals surface area contributed by atoms with E-state index in [1.165, 1.54) is 16.9 Å².